The minimum absolute atomic E-state index is 0.0276. The number of hydrogen-bond acceptors (Lipinski definition) is 4. The third-order valence-corrected chi connectivity index (χ3v) is 3.95. The number of hydrogen-bond donors (Lipinski definition) is 1. The fourth-order valence-electron chi connectivity index (χ4n) is 2.71. The summed E-state index contributed by atoms with van der Waals surface area (Å²) < 4.78 is 1.81. The molecule has 20 heavy (non-hydrogen) atoms. The maximum absolute atomic E-state index is 12.2. The molecule has 1 aliphatic rings. The molecule has 3 heterocycles. The zero-order chi connectivity index (χ0) is 14.1. The Hall–Kier alpha value is -1.72. The Morgan fingerprint density at radius 2 is 2.10 bits per heavy atom. The van der Waals surface area contributed by atoms with Gasteiger partial charge in [0.1, 0.15) is 0 Å². The van der Waals surface area contributed by atoms with Gasteiger partial charge in [0, 0.05) is 31.4 Å². The van der Waals surface area contributed by atoms with Crippen molar-refractivity contribution < 1.29 is 0 Å². The summed E-state index contributed by atoms with van der Waals surface area (Å²) in [5.41, 5.74) is 8.79. The molecule has 5 heteroatoms. The highest BCUT2D eigenvalue weighted by Gasteiger charge is 2.17. The Balaban J connectivity index is 1.95. The van der Waals surface area contributed by atoms with Crippen molar-refractivity contribution in [1.29, 1.82) is 0 Å². The van der Waals surface area contributed by atoms with E-state index in [0.717, 1.165) is 42.5 Å². The number of aryl methyl sites for hydroxylation is 1. The van der Waals surface area contributed by atoms with Crippen molar-refractivity contribution in [2.75, 3.05) is 13.1 Å². The van der Waals surface area contributed by atoms with Crippen molar-refractivity contribution in [3.05, 3.63) is 40.3 Å². The molecule has 0 amide bonds. The summed E-state index contributed by atoms with van der Waals surface area (Å²) in [6.07, 6.45) is 3.82. The highest BCUT2D eigenvalue weighted by Crippen LogP contribution is 2.14. The van der Waals surface area contributed by atoms with E-state index in [4.69, 9.17) is 5.73 Å². The smallest absolute Gasteiger partial charge is 0.252 e. The SMILES string of the molecule is Cc1cnc2ccc(=O)n(CN3CCC(N)CC3)c2c1. The molecule has 2 aromatic rings. The molecule has 0 saturated carbocycles. The topological polar surface area (TPSA) is 64.2 Å². The molecule has 0 spiro atoms. The van der Waals surface area contributed by atoms with E-state index in [1.807, 2.05) is 23.8 Å². The number of nitrogens with two attached hydrogens (primary N) is 1. The average Bonchev–Trinajstić information content (AvgIpc) is 2.44. The number of aromatic nitrogens is 2. The average molecular weight is 272 g/mol. The maximum Gasteiger partial charge on any atom is 0.252 e. The molecule has 0 unspecified atom stereocenters. The first-order chi connectivity index (χ1) is 9.63. The van der Waals surface area contributed by atoms with Crippen molar-refractivity contribution in [2.45, 2.75) is 32.5 Å². The molecule has 1 fully saturated rings. The summed E-state index contributed by atoms with van der Waals surface area (Å²) in [6.45, 7) is 4.51. The van der Waals surface area contributed by atoms with E-state index in [9.17, 15) is 4.79 Å². The minimum Gasteiger partial charge on any atom is -0.328 e. The quantitative estimate of drug-likeness (QED) is 0.888. The fourth-order valence-corrected chi connectivity index (χ4v) is 2.71. The number of fused-ring (bicyclic) bond motifs is 1. The van der Waals surface area contributed by atoms with Crippen LogP contribution in [0.15, 0.2) is 29.2 Å². The molecule has 3 rings (SSSR count). The van der Waals surface area contributed by atoms with Crippen molar-refractivity contribution in [3.8, 4) is 0 Å². The first-order valence-electron chi connectivity index (χ1n) is 7.07. The van der Waals surface area contributed by atoms with E-state index in [2.05, 4.69) is 9.88 Å². The van der Waals surface area contributed by atoms with Crippen LogP contribution in [0.1, 0.15) is 18.4 Å². The van der Waals surface area contributed by atoms with Crippen LogP contribution in [-0.4, -0.2) is 33.6 Å². The predicted molar refractivity (Wildman–Crippen MR) is 79.5 cm³/mol. The summed E-state index contributed by atoms with van der Waals surface area (Å²) in [5, 5.41) is 0. The third kappa shape index (κ3) is 2.59. The summed E-state index contributed by atoms with van der Waals surface area (Å²) in [4.78, 5) is 18.8. The Morgan fingerprint density at radius 3 is 2.85 bits per heavy atom. The summed E-state index contributed by atoms with van der Waals surface area (Å²) in [6, 6.07) is 5.72. The predicted octanol–water partition coefficient (Wildman–Crippen LogP) is 1.09. The van der Waals surface area contributed by atoms with Crippen LogP contribution in [-0.2, 0) is 6.67 Å². The van der Waals surface area contributed by atoms with E-state index in [1.54, 1.807) is 12.1 Å². The zero-order valence-electron chi connectivity index (χ0n) is 11.7. The van der Waals surface area contributed by atoms with Gasteiger partial charge in [-0.1, -0.05) is 0 Å². The Morgan fingerprint density at radius 1 is 1.35 bits per heavy atom. The van der Waals surface area contributed by atoms with E-state index in [0.29, 0.717) is 12.7 Å². The first-order valence-corrected chi connectivity index (χ1v) is 7.07. The molecule has 0 bridgehead atoms. The van der Waals surface area contributed by atoms with Crippen LogP contribution >= 0.6 is 0 Å². The third-order valence-electron chi connectivity index (χ3n) is 3.95. The normalized spacial score (nSPS) is 17.7. The monoisotopic (exact) mass is 272 g/mol. The molecule has 0 atom stereocenters. The lowest BCUT2D eigenvalue weighted by molar-refractivity contribution is 0.171. The lowest BCUT2D eigenvalue weighted by Gasteiger charge is -2.30. The maximum atomic E-state index is 12.2. The second kappa shape index (κ2) is 5.34. The number of piperidine rings is 1. The van der Waals surface area contributed by atoms with Crippen molar-refractivity contribution in [2.24, 2.45) is 5.73 Å². The summed E-state index contributed by atoms with van der Waals surface area (Å²) in [7, 11) is 0. The molecule has 0 aromatic carbocycles. The van der Waals surface area contributed by atoms with Crippen LogP contribution in [0.25, 0.3) is 11.0 Å². The van der Waals surface area contributed by atoms with Gasteiger partial charge in [-0.15, -0.1) is 0 Å². The van der Waals surface area contributed by atoms with Gasteiger partial charge in [0.2, 0.25) is 0 Å². The van der Waals surface area contributed by atoms with Crippen LogP contribution in [0.5, 0.6) is 0 Å². The van der Waals surface area contributed by atoms with Crippen molar-refractivity contribution in [1.82, 2.24) is 14.5 Å². The van der Waals surface area contributed by atoms with E-state index in [-0.39, 0.29) is 5.56 Å². The van der Waals surface area contributed by atoms with E-state index < -0.39 is 0 Å². The van der Waals surface area contributed by atoms with E-state index >= 15 is 0 Å². The molecule has 2 N–H and O–H groups in total. The van der Waals surface area contributed by atoms with Crippen molar-refractivity contribution in [3.63, 3.8) is 0 Å². The Labute approximate surface area is 118 Å². The van der Waals surface area contributed by atoms with Crippen LogP contribution in [0.4, 0.5) is 0 Å². The molecule has 0 aliphatic carbocycles. The van der Waals surface area contributed by atoms with Gasteiger partial charge in [-0.05, 0) is 37.5 Å². The molecule has 0 radical (unpaired) electrons. The number of rotatable bonds is 2. The van der Waals surface area contributed by atoms with Crippen LogP contribution in [0.2, 0.25) is 0 Å². The van der Waals surface area contributed by atoms with Gasteiger partial charge < -0.3 is 5.73 Å². The fraction of sp³-hybridized carbons (Fsp3) is 0.467. The van der Waals surface area contributed by atoms with Crippen LogP contribution in [0, 0.1) is 6.92 Å². The van der Waals surface area contributed by atoms with Crippen LogP contribution < -0.4 is 11.3 Å². The van der Waals surface area contributed by atoms with Gasteiger partial charge in [-0.2, -0.15) is 0 Å². The molecular formula is C15H20N4O. The van der Waals surface area contributed by atoms with Gasteiger partial charge >= 0.3 is 0 Å². The highest BCUT2D eigenvalue weighted by molar-refractivity contribution is 5.74. The summed E-state index contributed by atoms with van der Waals surface area (Å²) in [5.74, 6) is 0. The molecular weight excluding hydrogens is 252 g/mol. The highest BCUT2D eigenvalue weighted by atomic mass is 16.1. The Kier molecular flexibility index (Phi) is 3.54. The Bertz CT molecular complexity index is 671. The van der Waals surface area contributed by atoms with Gasteiger partial charge in [-0.3, -0.25) is 19.2 Å². The van der Waals surface area contributed by atoms with Gasteiger partial charge in [-0.25, -0.2) is 0 Å². The molecule has 1 aliphatic heterocycles. The van der Waals surface area contributed by atoms with Gasteiger partial charge in [0.25, 0.3) is 5.56 Å². The minimum atomic E-state index is 0.0276. The lowest BCUT2D eigenvalue weighted by Crippen LogP contribution is -2.42. The largest absolute Gasteiger partial charge is 0.328 e. The number of likely N-dealkylation sites (tertiary alicyclic amines) is 1. The van der Waals surface area contributed by atoms with Gasteiger partial charge in [0.05, 0.1) is 17.7 Å². The molecule has 2 aromatic heterocycles. The molecule has 1 saturated heterocycles. The first kappa shape index (κ1) is 13.3. The van der Waals surface area contributed by atoms with Crippen LogP contribution in [0.3, 0.4) is 0 Å². The van der Waals surface area contributed by atoms with E-state index in [1.165, 1.54) is 0 Å². The van der Waals surface area contributed by atoms with Crippen molar-refractivity contribution >= 4 is 11.0 Å². The van der Waals surface area contributed by atoms with Gasteiger partial charge in [0.15, 0.2) is 0 Å². The zero-order valence-corrected chi connectivity index (χ0v) is 11.7. The summed E-state index contributed by atoms with van der Waals surface area (Å²) >= 11 is 0. The second-order valence-electron chi connectivity index (χ2n) is 5.61. The lowest BCUT2D eigenvalue weighted by atomic mass is 10.1. The second-order valence-corrected chi connectivity index (χ2v) is 5.61. The molecule has 5 nitrogen and oxygen atoms in total. The number of nitrogens with zero attached hydrogens (tertiary/aromatic N) is 3. The standard InChI is InChI=1S/C15H20N4O/c1-11-8-14-13(17-9-11)2-3-15(20)19(14)10-18-6-4-12(16)5-7-18/h2-3,8-9,12H,4-7,10,16H2,1H3. The molecule has 106 valence electrons. The number of pyridine rings is 2.